The average molecular weight is 356 g/mol. The first-order chi connectivity index (χ1) is 12.7. The van der Waals surface area contributed by atoms with Crippen LogP contribution < -0.4 is 14.8 Å². The number of aromatic nitrogens is 1. The maximum atomic E-state index is 11.9. The Morgan fingerprint density at radius 3 is 2.92 bits per heavy atom. The number of amides is 1. The molecule has 1 atom stereocenters. The van der Waals surface area contributed by atoms with Gasteiger partial charge in [-0.15, -0.1) is 0 Å². The number of rotatable bonds is 8. The highest BCUT2D eigenvalue weighted by Gasteiger charge is 2.16. The van der Waals surface area contributed by atoms with Crippen LogP contribution in [0.2, 0.25) is 0 Å². The van der Waals surface area contributed by atoms with E-state index in [4.69, 9.17) is 14.2 Å². The molecule has 1 aliphatic rings. The minimum absolute atomic E-state index is 0.0391. The molecule has 0 spiro atoms. The van der Waals surface area contributed by atoms with Crippen molar-refractivity contribution < 1.29 is 19.0 Å². The van der Waals surface area contributed by atoms with Gasteiger partial charge in [0, 0.05) is 37.9 Å². The van der Waals surface area contributed by atoms with E-state index in [1.807, 2.05) is 24.3 Å². The lowest BCUT2D eigenvalue weighted by molar-refractivity contribution is -0.121. The molecule has 0 radical (unpaired) electrons. The molecule has 2 aromatic rings. The minimum atomic E-state index is 0.0391. The number of hydrogen-bond donors (Lipinski definition) is 1. The predicted octanol–water partition coefficient (Wildman–Crippen LogP) is 3.46. The molecule has 0 aliphatic carbocycles. The second-order valence-electron chi connectivity index (χ2n) is 6.24. The van der Waals surface area contributed by atoms with Crippen LogP contribution >= 0.6 is 0 Å². The highest BCUT2D eigenvalue weighted by atomic mass is 16.5. The largest absolute Gasteiger partial charge is 0.497 e. The van der Waals surface area contributed by atoms with Gasteiger partial charge in [-0.25, -0.2) is 4.98 Å². The molecule has 0 bridgehead atoms. The molecular weight excluding hydrogens is 332 g/mol. The van der Waals surface area contributed by atoms with Crippen LogP contribution in [0.3, 0.4) is 0 Å². The van der Waals surface area contributed by atoms with Crippen LogP contribution in [0.25, 0.3) is 0 Å². The Labute approximate surface area is 153 Å². The van der Waals surface area contributed by atoms with Crippen LogP contribution in [0.5, 0.6) is 17.4 Å². The van der Waals surface area contributed by atoms with Crippen molar-refractivity contribution in [1.82, 2.24) is 10.3 Å². The van der Waals surface area contributed by atoms with E-state index in [9.17, 15) is 4.79 Å². The normalized spacial score (nSPS) is 16.3. The molecule has 6 nitrogen and oxygen atoms in total. The molecular formula is C20H24N2O4. The van der Waals surface area contributed by atoms with Gasteiger partial charge in [0.2, 0.25) is 11.8 Å². The van der Waals surface area contributed by atoms with E-state index in [1.54, 1.807) is 25.4 Å². The summed E-state index contributed by atoms with van der Waals surface area (Å²) < 4.78 is 16.4. The number of nitrogens with zero attached hydrogens (tertiary/aromatic N) is 1. The second-order valence-corrected chi connectivity index (χ2v) is 6.24. The highest BCUT2D eigenvalue weighted by molar-refractivity contribution is 5.75. The lowest BCUT2D eigenvalue weighted by atomic mass is 10.1. The van der Waals surface area contributed by atoms with Gasteiger partial charge in [0.25, 0.3) is 0 Å². The zero-order valence-corrected chi connectivity index (χ0v) is 14.9. The average Bonchev–Trinajstić information content (AvgIpc) is 3.19. The summed E-state index contributed by atoms with van der Waals surface area (Å²) in [6.07, 6.45) is 5.40. The third-order valence-corrected chi connectivity index (χ3v) is 4.27. The van der Waals surface area contributed by atoms with E-state index in [2.05, 4.69) is 10.3 Å². The molecule has 138 valence electrons. The molecule has 1 aromatic carbocycles. The third kappa shape index (κ3) is 5.46. The van der Waals surface area contributed by atoms with Crippen molar-refractivity contribution in [3.05, 3.63) is 48.2 Å². The first kappa shape index (κ1) is 18.2. The van der Waals surface area contributed by atoms with Gasteiger partial charge >= 0.3 is 0 Å². The van der Waals surface area contributed by atoms with Gasteiger partial charge in [-0.2, -0.15) is 0 Å². The molecule has 6 heteroatoms. The number of hydrogen-bond acceptors (Lipinski definition) is 5. The van der Waals surface area contributed by atoms with Crippen LogP contribution in [-0.2, 0) is 16.1 Å². The quantitative estimate of drug-likeness (QED) is 0.784. The molecule has 1 saturated heterocycles. The fourth-order valence-corrected chi connectivity index (χ4v) is 2.81. The van der Waals surface area contributed by atoms with Crippen LogP contribution in [0.4, 0.5) is 0 Å². The zero-order valence-electron chi connectivity index (χ0n) is 14.9. The molecule has 3 rings (SSSR count). The molecule has 0 saturated carbocycles. The maximum Gasteiger partial charge on any atom is 0.220 e. The van der Waals surface area contributed by atoms with E-state index in [1.165, 1.54) is 0 Å². The first-order valence-corrected chi connectivity index (χ1v) is 8.88. The van der Waals surface area contributed by atoms with Gasteiger partial charge in [0.1, 0.15) is 11.5 Å². The molecule has 1 aromatic heterocycles. The van der Waals surface area contributed by atoms with Crippen LogP contribution in [0.1, 0.15) is 31.2 Å². The monoisotopic (exact) mass is 356 g/mol. The number of carbonyl (C=O) groups is 1. The lowest BCUT2D eigenvalue weighted by Crippen LogP contribution is -2.23. The zero-order chi connectivity index (χ0) is 18.2. The molecule has 0 unspecified atom stereocenters. The van der Waals surface area contributed by atoms with Gasteiger partial charge in [0.05, 0.1) is 13.2 Å². The SMILES string of the molecule is COc1cccc(Oc2ccc(CNC(=O)CC[C@H]3CCCO3)cn2)c1. The third-order valence-electron chi connectivity index (χ3n) is 4.27. The molecule has 2 heterocycles. The Morgan fingerprint density at radius 2 is 2.19 bits per heavy atom. The summed E-state index contributed by atoms with van der Waals surface area (Å²) in [6.45, 7) is 1.28. The number of methoxy groups -OCH3 is 1. The standard InChI is InChI=1S/C20H24N2O4/c1-24-17-4-2-5-18(12-17)26-20-10-7-15(14-22-20)13-21-19(23)9-8-16-6-3-11-25-16/h2,4-5,7,10,12,14,16H,3,6,8-9,11,13H2,1H3,(H,21,23)/t16-/m1/s1. The second kappa shape index (κ2) is 9.20. The lowest BCUT2D eigenvalue weighted by Gasteiger charge is -2.10. The van der Waals surface area contributed by atoms with Crippen molar-refractivity contribution in [3.8, 4) is 17.4 Å². The van der Waals surface area contributed by atoms with E-state index >= 15 is 0 Å². The van der Waals surface area contributed by atoms with Crippen LogP contribution in [0.15, 0.2) is 42.6 Å². The topological polar surface area (TPSA) is 69.7 Å². The highest BCUT2D eigenvalue weighted by Crippen LogP contribution is 2.23. The van der Waals surface area contributed by atoms with E-state index in [0.717, 1.165) is 37.2 Å². The van der Waals surface area contributed by atoms with Crippen molar-refractivity contribution in [2.45, 2.75) is 38.3 Å². The Balaban J connectivity index is 1.44. The maximum absolute atomic E-state index is 11.9. The first-order valence-electron chi connectivity index (χ1n) is 8.88. The fourth-order valence-electron chi connectivity index (χ4n) is 2.81. The Hall–Kier alpha value is -2.60. The van der Waals surface area contributed by atoms with Crippen LogP contribution in [0, 0.1) is 0 Å². The van der Waals surface area contributed by atoms with E-state index in [-0.39, 0.29) is 12.0 Å². The summed E-state index contributed by atoms with van der Waals surface area (Å²) in [5, 5.41) is 2.92. The van der Waals surface area contributed by atoms with Crippen molar-refractivity contribution in [2.24, 2.45) is 0 Å². The molecule has 1 fully saturated rings. The summed E-state index contributed by atoms with van der Waals surface area (Å²) in [4.78, 5) is 16.2. The van der Waals surface area contributed by atoms with Crippen molar-refractivity contribution in [3.63, 3.8) is 0 Å². The summed E-state index contributed by atoms with van der Waals surface area (Å²) in [5.74, 6) is 1.92. The van der Waals surface area contributed by atoms with Crippen molar-refractivity contribution in [2.75, 3.05) is 13.7 Å². The fraction of sp³-hybridized carbons (Fsp3) is 0.400. The summed E-state index contributed by atoms with van der Waals surface area (Å²) in [5.41, 5.74) is 0.924. The summed E-state index contributed by atoms with van der Waals surface area (Å²) in [6, 6.07) is 11.0. The van der Waals surface area contributed by atoms with Crippen LogP contribution in [-0.4, -0.2) is 30.7 Å². The Kier molecular flexibility index (Phi) is 6.44. The van der Waals surface area contributed by atoms with Gasteiger partial charge in [-0.1, -0.05) is 12.1 Å². The molecule has 1 aliphatic heterocycles. The number of benzene rings is 1. The summed E-state index contributed by atoms with van der Waals surface area (Å²) >= 11 is 0. The van der Waals surface area contributed by atoms with Gasteiger partial charge in [-0.3, -0.25) is 4.79 Å². The van der Waals surface area contributed by atoms with E-state index in [0.29, 0.717) is 24.6 Å². The number of pyridine rings is 1. The number of ether oxygens (including phenoxy) is 3. The predicted molar refractivity (Wildman–Crippen MR) is 97.4 cm³/mol. The smallest absolute Gasteiger partial charge is 0.220 e. The Bertz CT molecular complexity index is 712. The van der Waals surface area contributed by atoms with Crippen molar-refractivity contribution in [1.29, 1.82) is 0 Å². The summed E-state index contributed by atoms with van der Waals surface area (Å²) in [7, 11) is 1.61. The molecule has 1 amide bonds. The van der Waals surface area contributed by atoms with Gasteiger partial charge in [-0.05, 0) is 37.0 Å². The van der Waals surface area contributed by atoms with Gasteiger partial charge < -0.3 is 19.5 Å². The van der Waals surface area contributed by atoms with Crippen molar-refractivity contribution >= 4 is 5.91 Å². The minimum Gasteiger partial charge on any atom is -0.497 e. The molecule has 26 heavy (non-hydrogen) atoms. The number of carbonyl (C=O) groups excluding carboxylic acids is 1. The Morgan fingerprint density at radius 1 is 1.31 bits per heavy atom. The number of nitrogens with one attached hydrogen (secondary N) is 1. The van der Waals surface area contributed by atoms with Gasteiger partial charge in [0.15, 0.2) is 0 Å². The molecule has 1 N–H and O–H groups in total. The van der Waals surface area contributed by atoms with E-state index < -0.39 is 0 Å².